The van der Waals surface area contributed by atoms with E-state index in [1.165, 1.54) is 6.07 Å². The molecule has 96 valence electrons. The summed E-state index contributed by atoms with van der Waals surface area (Å²) in [4.78, 5) is 16.0. The summed E-state index contributed by atoms with van der Waals surface area (Å²) in [6, 6.07) is 1.51. The molecule has 0 aliphatic rings. The van der Waals surface area contributed by atoms with Crippen molar-refractivity contribution < 1.29 is 4.79 Å². The number of rotatable bonds is 3. The SMILES string of the molecule is CC(C)c1nc(NC(=O)c2cc(Cl)sc2Cl)n[nH]1. The zero-order valence-electron chi connectivity index (χ0n) is 9.62. The van der Waals surface area contributed by atoms with Crippen LogP contribution in [0.15, 0.2) is 6.07 Å². The van der Waals surface area contributed by atoms with E-state index in [0.29, 0.717) is 20.1 Å². The Morgan fingerprint density at radius 2 is 2.22 bits per heavy atom. The van der Waals surface area contributed by atoms with Gasteiger partial charge in [-0.1, -0.05) is 37.0 Å². The average molecular weight is 305 g/mol. The number of hydrogen-bond acceptors (Lipinski definition) is 4. The Morgan fingerprint density at radius 1 is 1.50 bits per heavy atom. The van der Waals surface area contributed by atoms with Crippen molar-refractivity contribution in [1.82, 2.24) is 15.2 Å². The van der Waals surface area contributed by atoms with Crippen molar-refractivity contribution in [1.29, 1.82) is 0 Å². The van der Waals surface area contributed by atoms with E-state index in [9.17, 15) is 4.79 Å². The Labute approximate surface area is 118 Å². The summed E-state index contributed by atoms with van der Waals surface area (Å²) in [5, 5.41) is 9.21. The number of carbonyl (C=O) groups excluding carboxylic acids is 1. The van der Waals surface area contributed by atoms with Crippen molar-refractivity contribution in [2.24, 2.45) is 0 Å². The molecule has 2 N–H and O–H groups in total. The van der Waals surface area contributed by atoms with Gasteiger partial charge in [-0.2, -0.15) is 4.98 Å². The molecule has 0 fully saturated rings. The van der Waals surface area contributed by atoms with Gasteiger partial charge >= 0.3 is 0 Å². The minimum atomic E-state index is -0.377. The largest absolute Gasteiger partial charge is 0.289 e. The van der Waals surface area contributed by atoms with Crippen LogP contribution >= 0.6 is 34.5 Å². The second-order valence-electron chi connectivity index (χ2n) is 3.89. The fourth-order valence-corrected chi connectivity index (χ4v) is 2.71. The van der Waals surface area contributed by atoms with Crippen molar-refractivity contribution in [3.05, 3.63) is 26.1 Å². The lowest BCUT2D eigenvalue weighted by Crippen LogP contribution is -2.12. The number of carbonyl (C=O) groups is 1. The fourth-order valence-electron chi connectivity index (χ4n) is 1.25. The van der Waals surface area contributed by atoms with Crippen molar-refractivity contribution in [2.75, 3.05) is 5.32 Å². The number of anilines is 1. The van der Waals surface area contributed by atoms with E-state index in [2.05, 4.69) is 20.5 Å². The first-order chi connectivity index (χ1) is 8.47. The Balaban J connectivity index is 2.13. The van der Waals surface area contributed by atoms with Crippen LogP contribution in [0.3, 0.4) is 0 Å². The van der Waals surface area contributed by atoms with E-state index in [1.807, 2.05) is 13.8 Å². The molecule has 2 aromatic heterocycles. The third-order valence-corrected chi connectivity index (χ3v) is 3.66. The number of hydrogen-bond donors (Lipinski definition) is 2. The molecule has 1 amide bonds. The molecule has 2 rings (SSSR count). The number of nitrogens with zero attached hydrogens (tertiary/aromatic N) is 2. The van der Waals surface area contributed by atoms with Crippen molar-refractivity contribution in [2.45, 2.75) is 19.8 Å². The van der Waals surface area contributed by atoms with E-state index in [4.69, 9.17) is 23.2 Å². The van der Waals surface area contributed by atoms with Crippen LogP contribution < -0.4 is 5.32 Å². The van der Waals surface area contributed by atoms with Gasteiger partial charge in [0.1, 0.15) is 10.2 Å². The Kier molecular flexibility index (Phi) is 3.89. The molecule has 2 aromatic rings. The molecule has 18 heavy (non-hydrogen) atoms. The maximum Gasteiger partial charge on any atom is 0.260 e. The molecule has 0 spiro atoms. The molecule has 0 saturated carbocycles. The van der Waals surface area contributed by atoms with E-state index >= 15 is 0 Å². The quantitative estimate of drug-likeness (QED) is 0.911. The van der Waals surface area contributed by atoms with Crippen LogP contribution in [0.1, 0.15) is 35.9 Å². The number of nitrogens with one attached hydrogen (secondary N) is 2. The Bertz CT molecular complexity index is 578. The molecule has 0 radical (unpaired) electrons. The number of amides is 1. The van der Waals surface area contributed by atoms with Gasteiger partial charge in [0, 0.05) is 5.92 Å². The Hall–Kier alpha value is -1.11. The lowest BCUT2D eigenvalue weighted by atomic mass is 10.2. The van der Waals surface area contributed by atoms with Gasteiger partial charge in [-0.05, 0) is 6.07 Å². The smallest absolute Gasteiger partial charge is 0.260 e. The van der Waals surface area contributed by atoms with E-state index < -0.39 is 0 Å². The summed E-state index contributed by atoms with van der Waals surface area (Å²) < 4.78 is 0.806. The molecule has 5 nitrogen and oxygen atoms in total. The third kappa shape index (κ3) is 2.82. The molecular weight excluding hydrogens is 295 g/mol. The topological polar surface area (TPSA) is 70.7 Å². The van der Waals surface area contributed by atoms with Gasteiger partial charge in [0.15, 0.2) is 0 Å². The minimum Gasteiger partial charge on any atom is -0.289 e. The summed E-state index contributed by atoms with van der Waals surface area (Å²) >= 11 is 12.8. The molecule has 0 aliphatic carbocycles. The highest BCUT2D eigenvalue weighted by molar-refractivity contribution is 7.20. The summed E-state index contributed by atoms with van der Waals surface area (Å²) in [5.74, 6) is 0.765. The van der Waals surface area contributed by atoms with Crippen LogP contribution in [0.5, 0.6) is 0 Å². The number of thiophene rings is 1. The summed E-state index contributed by atoms with van der Waals surface area (Å²) in [6.45, 7) is 3.95. The molecule has 0 unspecified atom stereocenters. The Morgan fingerprint density at radius 3 is 2.72 bits per heavy atom. The standard InChI is InChI=1S/C10H10Cl2N4OS/c1-4(2)8-13-10(16-15-8)14-9(17)5-3-6(11)18-7(5)12/h3-4H,1-2H3,(H2,13,14,15,16,17). The molecule has 0 bridgehead atoms. The summed E-state index contributed by atoms with van der Waals surface area (Å²) in [7, 11) is 0. The maximum absolute atomic E-state index is 11.9. The van der Waals surface area contributed by atoms with Crippen LogP contribution in [-0.4, -0.2) is 21.1 Å². The van der Waals surface area contributed by atoms with Gasteiger partial charge in [0.25, 0.3) is 5.91 Å². The molecule has 0 aromatic carbocycles. The normalized spacial score (nSPS) is 10.9. The molecule has 2 heterocycles. The molecule has 0 aliphatic heterocycles. The lowest BCUT2D eigenvalue weighted by Gasteiger charge is -1.98. The first kappa shape index (κ1) is 13.3. The van der Waals surface area contributed by atoms with Crippen molar-refractivity contribution in [3.8, 4) is 0 Å². The van der Waals surface area contributed by atoms with Gasteiger partial charge in [0.2, 0.25) is 5.95 Å². The molecule has 0 saturated heterocycles. The molecule has 0 atom stereocenters. The predicted molar refractivity (Wildman–Crippen MR) is 72.8 cm³/mol. The zero-order chi connectivity index (χ0) is 13.3. The van der Waals surface area contributed by atoms with Crippen LogP contribution in [0.2, 0.25) is 8.67 Å². The van der Waals surface area contributed by atoms with Gasteiger partial charge in [-0.3, -0.25) is 15.2 Å². The van der Waals surface area contributed by atoms with Gasteiger partial charge in [-0.25, -0.2) is 0 Å². The second-order valence-corrected chi connectivity index (χ2v) is 6.18. The highest BCUT2D eigenvalue weighted by atomic mass is 35.5. The van der Waals surface area contributed by atoms with E-state index in [-0.39, 0.29) is 17.8 Å². The number of H-pyrrole nitrogens is 1. The number of aromatic nitrogens is 3. The molecular formula is C10H10Cl2N4OS. The highest BCUT2D eigenvalue weighted by Gasteiger charge is 2.16. The van der Waals surface area contributed by atoms with Gasteiger partial charge in [-0.15, -0.1) is 16.4 Å². The van der Waals surface area contributed by atoms with Crippen LogP contribution in [0.4, 0.5) is 5.95 Å². The van der Waals surface area contributed by atoms with E-state index in [0.717, 1.165) is 11.3 Å². The van der Waals surface area contributed by atoms with E-state index in [1.54, 1.807) is 0 Å². The molecule has 8 heteroatoms. The van der Waals surface area contributed by atoms with Crippen LogP contribution in [0, 0.1) is 0 Å². The maximum atomic E-state index is 11.9. The first-order valence-electron chi connectivity index (χ1n) is 5.16. The zero-order valence-corrected chi connectivity index (χ0v) is 11.9. The van der Waals surface area contributed by atoms with Gasteiger partial charge < -0.3 is 0 Å². The minimum absolute atomic E-state index is 0.210. The predicted octanol–water partition coefficient (Wildman–Crippen LogP) is 3.55. The van der Waals surface area contributed by atoms with Crippen molar-refractivity contribution >= 4 is 46.4 Å². The monoisotopic (exact) mass is 304 g/mol. The second kappa shape index (κ2) is 5.26. The third-order valence-electron chi connectivity index (χ3n) is 2.18. The summed E-state index contributed by atoms with van der Waals surface area (Å²) in [6.07, 6.45) is 0. The van der Waals surface area contributed by atoms with Crippen LogP contribution in [-0.2, 0) is 0 Å². The lowest BCUT2D eigenvalue weighted by molar-refractivity contribution is 0.102. The fraction of sp³-hybridized carbons (Fsp3) is 0.300. The summed E-state index contributed by atoms with van der Waals surface area (Å²) in [5.41, 5.74) is 0.322. The number of halogens is 2. The highest BCUT2D eigenvalue weighted by Crippen LogP contribution is 2.31. The first-order valence-corrected chi connectivity index (χ1v) is 6.73. The van der Waals surface area contributed by atoms with Crippen LogP contribution in [0.25, 0.3) is 0 Å². The number of aromatic amines is 1. The van der Waals surface area contributed by atoms with Gasteiger partial charge in [0.05, 0.1) is 9.90 Å². The van der Waals surface area contributed by atoms with Crippen molar-refractivity contribution in [3.63, 3.8) is 0 Å². The average Bonchev–Trinajstić information content (AvgIpc) is 2.85.